The van der Waals surface area contributed by atoms with E-state index in [1.165, 1.54) is 0 Å². The Labute approximate surface area is 184 Å². The number of carbonyl (C=O) groups excluding carboxylic acids is 3. The quantitative estimate of drug-likeness (QED) is 0.644. The van der Waals surface area contributed by atoms with E-state index in [2.05, 4.69) is 43.2 Å². The van der Waals surface area contributed by atoms with Gasteiger partial charge in [0.2, 0.25) is 5.91 Å². The molecule has 1 aromatic rings. The highest BCUT2D eigenvalue weighted by molar-refractivity contribution is 6.09. The maximum atomic E-state index is 13.1. The van der Waals surface area contributed by atoms with E-state index in [1.807, 2.05) is 24.3 Å². The second-order valence-electron chi connectivity index (χ2n) is 9.41. The van der Waals surface area contributed by atoms with E-state index in [9.17, 15) is 14.4 Å². The molecule has 0 bridgehead atoms. The summed E-state index contributed by atoms with van der Waals surface area (Å²) in [5.41, 5.74) is 0.429. The highest BCUT2D eigenvalue weighted by Gasteiger charge is 2.49. The third kappa shape index (κ3) is 4.91. The molecule has 0 radical (unpaired) electrons. The molecular weight excluding hydrogens is 396 g/mol. The van der Waals surface area contributed by atoms with E-state index >= 15 is 0 Å². The standard InChI is InChI=1S/C23H34N4O4/c1-16(2)17-6-8-18(9-7-17)23(5)20(29)27(21(30)25-23)14-19(28)24-15-22(3,4)26-10-12-31-13-11-26/h6-9,16H,10-15H2,1-5H3,(H,24,28)(H,25,30). The van der Waals surface area contributed by atoms with Gasteiger partial charge in [-0.05, 0) is 37.8 Å². The maximum absolute atomic E-state index is 13.1. The zero-order valence-electron chi connectivity index (χ0n) is 19.2. The van der Waals surface area contributed by atoms with Crippen molar-refractivity contribution in [2.24, 2.45) is 0 Å². The molecule has 1 aromatic carbocycles. The van der Waals surface area contributed by atoms with Gasteiger partial charge in [0.25, 0.3) is 5.91 Å². The van der Waals surface area contributed by atoms with Gasteiger partial charge in [-0.1, -0.05) is 38.1 Å². The van der Waals surface area contributed by atoms with Crippen LogP contribution >= 0.6 is 0 Å². The first-order valence-corrected chi connectivity index (χ1v) is 10.9. The van der Waals surface area contributed by atoms with Crippen LogP contribution in [0.3, 0.4) is 0 Å². The van der Waals surface area contributed by atoms with E-state index < -0.39 is 17.5 Å². The number of ether oxygens (including phenoxy) is 1. The van der Waals surface area contributed by atoms with Crippen LogP contribution in [-0.4, -0.2) is 72.6 Å². The van der Waals surface area contributed by atoms with Gasteiger partial charge in [-0.3, -0.25) is 19.4 Å². The Morgan fingerprint density at radius 2 is 1.81 bits per heavy atom. The lowest BCUT2D eigenvalue weighted by atomic mass is 9.90. The minimum Gasteiger partial charge on any atom is -0.379 e. The lowest BCUT2D eigenvalue weighted by Crippen LogP contribution is -2.56. The average Bonchev–Trinajstić information content (AvgIpc) is 2.97. The fourth-order valence-electron chi connectivity index (χ4n) is 4.03. The molecule has 0 aliphatic carbocycles. The summed E-state index contributed by atoms with van der Waals surface area (Å²) in [4.78, 5) is 41.4. The molecule has 0 saturated carbocycles. The van der Waals surface area contributed by atoms with Crippen molar-refractivity contribution in [2.45, 2.75) is 51.6 Å². The van der Waals surface area contributed by atoms with Crippen molar-refractivity contribution in [3.05, 3.63) is 35.4 Å². The Kier molecular flexibility index (Phi) is 6.71. The van der Waals surface area contributed by atoms with E-state index in [0.29, 0.717) is 31.2 Å². The third-order valence-corrected chi connectivity index (χ3v) is 6.32. The fraction of sp³-hybridized carbons (Fsp3) is 0.609. The van der Waals surface area contributed by atoms with E-state index in [1.54, 1.807) is 6.92 Å². The molecule has 2 N–H and O–H groups in total. The van der Waals surface area contributed by atoms with Gasteiger partial charge in [0.15, 0.2) is 0 Å². The molecule has 8 heteroatoms. The van der Waals surface area contributed by atoms with Crippen LogP contribution in [0, 0.1) is 0 Å². The Morgan fingerprint density at radius 3 is 2.39 bits per heavy atom. The van der Waals surface area contributed by atoms with Crippen molar-refractivity contribution < 1.29 is 19.1 Å². The van der Waals surface area contributed by atoms with Crippen LogP contribution in [0.2, 0.25) is 0 Å². The smallest absolute Gasteiger partial charge is 0.325 e. The molecule has 1 unspecified atom stereocenters. The molecule has 2 saturated heterocycles. The average molecular weight is 431 g/mol. The van der Waals surface area contributed by atoms with Crippen LogP contribution in [-0.2, 0) is 19.9 Å². The number of nitrogens with one attached hydrogen (secondary N) is 2. The molecule has 1 atom stereocenters. The number of amides is 4. The first kappa shape index (κ1) is 23.2. The first-order chi connectivity index (χ1) is 14.5. The lowest BCUT2D eigenvalue weighted by molar-refractivity contribution is -0.135. The zero-order valence-corrected chi connectivity index (χ0v) is 19.2. The molecule has 31 heavy (non-hydrogen) atoms. The third-order valence-electron chi connectivity index (χ3n) is 6.32. The van der Waals surface area contributed by atoms with Gasteiger partial charge >= 0.3 is 6.03 Å². The minimum absolute atomic E-state index is 0.247. The van der Waals surface area contributed by atoms with Gasteiger partial charge in [0.1, 0.15) is 12.1 Å². The number of morpholine rings is 1. The summed E-state index contributed by atoms with van der Waals surface area (Å²) in [5.74, 6) is -0.403. The van der Waals surface area contributed by atoms with Crippen LogP contribution in [0.25, 0.3) is 0 Å². The van der Waals surface area contributed by atoms with Crippen molar-refractivity contribution in [1.29, 1.82) is 0 Å². The van der Waals surface area contributed by atoms with Gasteiger partial charge in [0.05, 0.1) is 13.2 Å². The van der Waals surface area contributed by atoms with E-state index in [4.69, 9.17) is 4.74 Å². The normalized spacial score (nSPS) is 22.7. The van der Waals surface area contributed by atoms with Gasteiger partial charge in [-0.2, -0.15) is 0 Å². The number of nitrogens with zero attached hydrogens (tertiary/aromatic N) is 2. The van der Waals surface area contributed by atoms with Crippen molar-refractivity contribution in [3.8, 4) is 0 Å². The van der Waals surface area contributed by atoms with Gasteiger partial charge in [-0.15, -0.1) is 0 Å². The summed E-state index contributed by atoms with van der Waals surface area (Å²) in [6, 6.07) is 7.11. The van der Waals surface area contributed by atoms with Crippen LogP contribution in [0.1, 0.15) is 51.7 Å². The molecule has 0 spiro atoms. The summed E-state index contributed by atoms with van der Waals surface area (Å²) in [7, 11) is 0. The summed E-state index contributed by atoms with van der Waals surface area (Å²) in [5, 5.41) is 5.64. The molecule has 3 rings (SSSR count). The fourth-order valence-corrected chi connectivity index (χ4v) is 4.03. The van der Waals surface area contributed by atoms with Gasteiger partial charge in [0, 0.05) is 25.2 Å². The lowest BCUT2D eigenvalue weighted by Gasteiger charge is -2.40. The zero-order chi connectivity index (χ0) is 22.8. The van der Waals surface area contributed by atoms with Crippen molar-refractivity contribution in [3.63, 3.8) is 0 Å². The number of benzene rings is 1. The predicted molar refractivity (Wildman–Crippen MR) is 118 cm³/mol. The van der Waals surface area contributed by atoms with Crippen LogP contribution in [0.15, 0.2) is 24.3 Å². The number of carbonyl (C=O) groups is 3. The molecule has 2 fully saturated rings. The number of hydrogen-bond donors (Lipinski definition) is 2. The molecular formula is C23H34N4O4. The van der Waals surface area contributed by atoms with Crippen LogP contribution in [0.5, 0.6) is 0 Å². The Morgan fingerprint density at radius 1 is 1.19 bits per heavy atom. The summed E-state index contributed by atoms with van der Waals surface area (Å²) < 4.78 is 5.39. The van der Waals surface area contributed by atoms with E-state index in [-0.39, 0.29) is 18.0 Å². The highest BCUT2D eigenvalue weighted by Crippen LogP contribution is 2.29. The van der Waals surface area contributed by atoms with Gasteiger partial charge < -0.3 is 15.4 Å². The van der Waals surface area contributed by atoms with Crippen molar-refractivity contribution >= 4 is 17.8 Å². The summed E-state index contributed by atoms with van der Waals surface area (Å²) in [6.45, 7) is 13.1. The molecule has 4 amide bonds. The molecule has 2 heterocycles. The molecule has 170 valence electrons. The first-order valence-electron chi connectivity index (χ1n) is 10.9. The maximum Gasteiger partial charge on any atom is 0.325 e. The SMILES string of the molecule is CC(C)c1ccc(C2(C)NC(=O)N(CC(=O)NCC(C)(C)N3CCOCC3)C2=O)cc1. The second-order valence-corrected chi connectivity index (χ2v) is 9.41. The van der Waals surface area contributed by atoms with Crippen molar-refractivity contribution in [2.75, 3.05) is 39.4 Å². The monoisotopic (exact) mass is 430 g/mol. The largest absolute Gasteiger partial charge is 0.379 e. The number of hydrogen-bond acceptors (Lipinski definition) is 5. The minimum atomic E-state index is -1.18. The summed E-state index contributed by atoms with van der Waals surface area (Å²) >= 11 is 0. The predicted octanol–water partition coefficient (Wildman–Crippen LogP) is 1.80. The van der Waals surface area contributed by atoms with Crippen LogP contribution in [0.4, 0.5) is 4.79 Å². The number of rotatable bonds is 7. The Hall–Kier alpha value is -2.45. The second kappa shape index (κ2) is 8.96. The van der Waals surface area contributed by atoms with E-state index in [0.717, 1.165) is 23.6 Å². The van der Waals surface area contributed by atoms with Crippen LogP contribution < -0.4 is 10.6 Å². The van der Waals surface area contributed by atoms with Crippen molar-refractivity contribution in [1.82, 2.24) is 20.4 Å². The number of urea groups is 1. The Bertz CT molecular complexity index is 830. The molecule has 2 aliphatic rings. The topological polar surface area (TPSA) is 91.0 Å². The molecule has 8 nitrogen and oxygen atoms in total. The number of imide groups is 1. The molecule has 0 aromatic heterocycles. The van der Waals surface area contributed by atoms with Gasteiger partial charge in [-0.25, -0.2) is 4.79 Å². The highest BCUT2D eigenvalue weighted by atomic mass is 16.5. The summed E-state index contributed by atoms with van der Waals surface area (Å²) in [6.07, 6.45) is 0. The Balaban J connectivity index is 1.62. The molecule has 2 aliphatic heterocycles.